The third-order valence-electron chi connectivity index (χ3n) is 4.09. The Morgan fingerprint density at radius 3 is 2.21 bits per heavy atom. The first-order chi connectivity index (χ1) is 11.1. The van der Waals surface area contributed by atoms with Gasteiger partial charge in [-0.2, -0.15) is 13.2 Å². The summed E-state index contributed by atoms with van der Waals surface area (Å²) >= 11 is 0. The van der Waals surface area contributed by atoms with E-state index in [1.165, 1.54) is 18.2 Å². The monoisotopic (exact) mass is 340 g/mol. The summed E-state index contributed by atoms with van der Waals surface area (Å²) in [6.45, 7) is 0. The van der Waals surface area contributed by atoms with E-state index in [9.17, 15) is 33.0 Å². The molecule has 3 rings (SSSR count). The fourth-order valence-corrected chi connectivity index (χ4v) is 2.65. The van der Waals surface area contributed by atoms with Crippen molar-refractivity contribution in [3.05, 3.63) is 47.2 Å². The van der Waals surface area contributed by atoms with Crippen molar-refractivity contribution in [1.82, 2.24) is 0 Å². The topological polar surface area (TPSA) is 87.7 Å². The molecule has 1 heterocycles. The molecule has 126 valence electrons. The Hall–Kier alpha value is -2.77. The summed E-state index contributed by atoms with van der Waals surface area (Å²) in [5, 5.41) is 18.6. The molecule has 2 aromatic rings. The van der Waals surface area contributed by atoms with Crippen molar-refractivity contribution in [2.45, 2.75) is 24.4 Å². The largest absolute Gasteiger partial charge is 0.481 e. The Kier molecular flexibility index (Phi) is 3.43. The molecule has 0 bridgehead atoms. The molecular formula is C16H11F3O5. The van der Waals surface area contributed by atoms with Crippen LogP contribution in [-0.4, -0.2) is 22.2 Å². The summed E-state index contributed by atoms with van der Waals surface area (Å²) in [6.07, 6.45) is -4.09. The minimum absolute atomic E-state index is 0.0740. The summed E-state index contributed by atoms with van der Waals surface area (Å²) in [5.41, 5.74) is -1.22. The van der Waals surface area contributed by atoms with E-state index in [2.05, 4.69) is 0 Å². The van der Waals surface area contributed by atoms with Crippen LogP contribution in [0.5, 0.6) is 0 Å². The van der Waals surface area contributed by atoms with Crippen molar-refractivity contribution in [2.24, 2.45) is 0 Å². The van der Waals surface area contributed by atoms with E-state index >= 15 is 0 Å². The molecule has 0 atom stereocenters. The maximum Gasteiger partial charge on any atom is 0.449 e. The standard InChI is InChI=1S/C16H11F3O5/c17-16(18,19)12-4-3-11(24-12)8-1-2-9(13(20)21)10(7-8)15(5-6-15)14(22)23/h1-4,7H,5-6H2,(H,20,21)(H,22,23). The predicted molar refractivity (Wildman–Crippen MR) is 74.7 cm³/mol. The van der Waals surface area contributed by atoms with Gasteiger partial charge in [-0.15, -0.1) is 0 Å². The summed E-state index contributed by atoms with van der Waals surface area (Å²) < 4.78 is 42.6. The van der Waals surface area contributed by atoms with Crippen LogP contribution in [0.1, 0.15) is 34.5 Å². The zero-order valence-electron chi connectivity index (χ0n) is 12.1. The summed E-state index contributed by atoms with van der Waals surface area (Å²) in [6, 6.07) is 5.64. The van der Waals surface area contributed by atoms with Crippen molar-refractivity contribution in [3.63, 3.8) is 0 Å². The molecule has 2 N–H and O–H groups in total. The Morgan fingerprint density at radius 2 is 1.75 bits per heavy atom. The van der Waals surface area contributed by atoms with Crippen LogP contribution in [0, 0.1) is 0 Å². The number of aliphatic carboxylic acids is 1. The minimum Gasteiger partial charge on any atom is -0.481 e. The highest BCUT2D eigenvalue weighted by molar-refractivity contribution is 5.95. The van der Waals surface area contributed by atoms with Gasteiger partial charge in [0.05, 0.1) is 11.0 Å². The minimum atomic E-state index is -4.64. The molecule has 5 nitrogen and oxygen atoms in total. The van der Waals surface area contributed by atoms with Gasteiger partial charge in [0.1, 0.15) is 5.76 Å². The van der Waals surface area contributed by atoms with E-state index in [1.54, 1.807) is 0 Å². The van der Waals surface area contributed by atoms with Crippen LogP contribution in [0.4, 0.5) is 13.2 Å². The van der Waals surface area contributed by atoms with Crippen LogP contribution in [0.15, 0.2) is 34.7 Å². The highest BCUT2D eigenvalue weighted by atomic mass is 19.4. The number of hydrogen-bond donors (Lipinski definition) is 2. The highest BCUT2D eigenvalue weighted by Crippen LogP contribution is 2.50. The number of benzene rings is 1. The van der Waals surface area contributed by atoms with Crippen LogP contribution < -0.4 is 0 Å². The van der Waals surface area contributed by atoms with Crippen LogP contribution in [0.3, 0.4) is 0 Å². The van der Waals surface area contributed by atoms with E-state index in [0.717, 1.165) is 12.1 Å². The van der Waals surface area contributed by atoms with Gasteiger partial charge in [0.25, 0.3) is 0 Å². The number of carboxylic acid groups (broad SMARTS) is 2. The van der Waals surface area contributed by atoms with Gasteiger partial charge in [0.15, 0.2) is 0 Å². The molecular weight excluding hydrogens is 329 g/mol. The number of furan rings is 1. The van der Waals surface area contributed by atoms with E-state index in [0.29, 0.717) is 0 Å². The number of halogens is 3. The van der Waals surface area contributed by atoms with E-state index in [4.69, 9.17) is 4.42 Å². The highest BCUT2D eigenvalue weighted by Gasteiger charge is 2.53. The molecule has 1 aliphatic rings. The molecule has 0 spiro atoms. The fraction of sp³-hybridized carbons (Fsp3) is 0.250. The second kappa shape index (κ2) is 5.12. The average Bonchev–Trinajstić information content (AvgIpc) is 3.15. The molecule has 0 saturated heterocycles. The second-order valence-electron chi connectivity index (χ2n) is 5.61. The van der Waals surface area contributed by atoms with Gasteiger partial charge < -0.3 is 14.6 Å². The average molecular weight is 340 g/mol. The lowest BCUT2D eigenvalue weighted by Crippen LogP contribution is -2.22. The molecule has 0 aliphatic heterocycles. The second-order valence-corrected chi connectivity index (χ2v) is 5.61. The zero-order valence-corrected chi connectivity index (χ0v) is 12.1. The van der Waals surface area contributed by atoms with Gasteiger partial charge in [-0.05, 0) is 42.7 Å². The van der Waals surface area contributed by atoms with Crippen molar-refractivity contribution in [2.75, 3.05) is 0 Å². The molecule has 0 radical (unpaired) electrons. The first-order valence-electron chi connectivity index (χ1n) is 6.94. The van der Waals surface area contributed by atoms with Gasteiger partial charge in [0, 0.05) is 5.56 Å². The summed E-state index contributed by atoms with van der Waals surface area (Å²) in [7, 11) is 0. The molecule has 1 aromatic heterocycles. The zero-order chi connectivity index (χ0) is 17.7. The van der Waals surface area contributed by atoms with E-state index in [-0.39, 0.29) is 35.3 Å². The van der Waals surface area contributed by atoms with E-state index < -0.39 is 29.3 Å². The lowest BCUT2D eigenvalue weighted by molar-refractivity contribution is -0.152. The van der Waals surface area contributed by atoms with Crippen LogP contribution >= 0.6 is 0 Å². The SMILES string of the molecule is O=C(O)c1ccc(-c2ccc(C(F)(F)F)o2)cc1C1(C(=O)O)CC1. The molecule has 1 fully saturated rings. The van der Waals surface area contributed by atoms with Crippen LogP contribution in [-0.2, 0) is 16.4 Å². The Bertz CT molecular complexity index is 830. The molecule has 24 heavy (non-hydrogen) atoms. The maximum absolute atomic E-state index is 12.6. The van der Waals surface area contributed by atoms with Gasteiger partial charge >= 0.3 is 18.1 Å². The lowest BCUT2D eigenvalue weighted by atomic mass is 9.89. The third-order valence-corrected chi connectivity index (χ3v) is 4.09. The van der Waals surface area contributed by atoms with E-state index in [1.807, 2.05) is 0 Å². The lowest BCUT2D eigenvalue weighted by Gasteiger charge is -2.14. The van der Waals surface area contributed by atoms with Gasteiger partial charge in [-0.1, -0.05) is 6.07 Å². The molecule has 1 aliphatic carbocycles. The third kappa shape index (κ3) is 2.53. The van der Waals surface area contributed by atoms with Crippen molar-refractivity contribution < 1.29 is 37.4 Å². The van der Waals surface area contributed by atoms with Crippen LogP contribution in [0.2, 0.25) is 0 Å². The molecule has 1 aromatic carbocycles. The fourth-order valence-electron chi connectivity index (χ4n) is 2.65. The van der Waals surface area contributed by atoms with Gasteiger partial charge in [-0.3, -0.25) is 4.79 Å². The number of carboxylic acids is 2. The quantitative estimate of drug-likeness (QED) is 0.884. The summed E-state index contributed by atoms with van der Waals surface area (Å²) in [5.74, 6) is -3.74. The molecule has 0 unspecified atom stereocenters. The van der Waals surface area contributed by atoms with Crippen LogP contribution in [0.25, 0.3) is 11.3 Å². The number of alkyl halides is 3. The maximum atomic E-state index is 12.6. The predicted octanol–water partition coefficient (Wildman–Crippen LogP) is 3.78. The van der Waals surface area contributed by atoms with Gasteiger partial charge in [-0.25, -0.2) is 4.79 Å². The molecule has 0 amide bonds. The summed E-state index contributed by atoms with van der Waals surface area (Å²) in [4.78, 5) is 22.8. The number of rotatable bonds is 4. The Balaban J connectivity index is 2.10. The Morgan fingerprint density at radius 1 is 1.08 bits per heavy atom. The van der Waals surface area contributed by atoms with Crippen molar-refractivity contribution >= 4 is 11.9 Å². The van der Waals surface area contributed by atoms with Crippen molar-refractivity contribution in [1.29, 1.82) is 0 Å². The van der Waals surface area contributed by atoms with Crippen molar-refractivity contribution in [3.8, 4) is 11.3 Å². The van der Waals surface area contributed by atoms with Gasteiger partial charge in [0.2, 0.25) is 5.76 Å². The number of carbonyl (C=O) groups is 2. The molecule has 8 heteroatoms. The molecule has 1 saturated carbocycles. The number of hydrogen-bond acceptors (Lipinski definition) is 3. The first-order valence-corrected chi connectivity index (χ1v) is 6.94. The number of aromatic carboxylic acids is 1. The Labute approximate surface area is 133 Å². The normalized spacial score (nSPS) is 16.0. The smallest absolute Gasteiger partial charge is 0.449 e. The first kappa shape index (κ1) is 16.1.